The van der Waals surface area contributed by atoms with Crippen molar-refractivity contribution >= 4 is 6.09 Å². The van der Waals surface area contributed by atoms with E-state index in [1.54, 1.807) is 4.90 Å². The molecule has 1 N–H and O–H groups in total. The van der Waals surface area contributed by atoms with E-state index in [2.05, 4.69) is 0 Å². The second kappa shape index (κ2) is 6.37. The molecule has 1 aromatic rings. The van der Waals surface area contributed by atoms with Crippen molar-refractivity contribution in [2.24, 2.45) is 5.92 Å². The number of aliphatic hydroxyl groups excluding tert-OH is 1. The normalized spacial score (nSPS) is 30.1. The van der Waals surface area contributed by atoms with Crippen molar-refractivity contribution in [2.75, 3.05) is 13.2 Å². The zero-order valence-electron chi connectivity index (χ0n) is 14.9. The molecule has 24 heavy (non-hydrogen) atoms. The molecule has 2 aliphatic rings. The van der Waals surface area contributed by atoms with E-state index in [4.69, 9.17) is 9.47 Å². The Bertz CT molecular complexity index is 610. The highest BCUT2D eigenvalue weighted by atomic mass is 16.6. The molecule has 0 radical (unpaired) electrons. The van der Waals surface area contributed by atoms with Gasteiger partial charge >= 0.3 is 6.09 Å². The summed E-state index contributed by atoms with van der Waals surface area (Å²) in [6.07, 6.45) is -0.159. The van der Waals surface area contributed by atoms with E-state index in [-0.39, 0.29) is 24.1 Å². The Morgan fingerprint density at radius 3 is 2.67 bits per heavy atom. The first kappa shape index (κ1) is 17.2. The number of morpholine rings is 1. The Morgan fingerprint density at radius 1 is 1.29 bits per heavy atom. The molecule has 5 heteroatoms. The van der Waals surface area contributed by atoms with Crippen LogP contribution in [0.3, 0.4) is 0 Å². The van der Waals surface area contributed by atoms with Crippen LogP contribution in [-0.4, -0.2) is 47.0 Å². The van der Waals surface area contributed by atoms with Gasteiger partial charge in [0.1, 0.15) is 5.60 Å². The third kappa shape index (κ3) is 3.28. The number of benzene rings is 1. The van der Waals surface area contributed by atoms with Crippen LogP contribution in [0.5, 0.6) is 0 Å². The summed E-state index contributed by atoms with van der Waals surface area (Å²) in [6.45, 7) is 8.48. The average Bonchev–Trinajstić information content (AvgIpc) is 2.82. The van der Waals surface area contributed by atoms with Crippen LogP contribution in [0.15, 0.2) is 24.3 Å². The molecule has 1 aliphatic heterocycles. The molecule has 1 saturated heterocycles. The number of nitrogens with zero attached hydrogens (tertiary/aromatic N) is 1. The molecule has 1 fully saturated rings. The summed E-state index contributed by atoms with van der Waals surface area (Å²) in [5.41, 5.74) is 1.57. The van der Waals surface area contributed by atoms with Gasteiger partial charge in [0.15, 0.2) is 0 Å². The van der Waals surface area contributed by atoms with E-state index in [0.717, 1.165) is 17.5 Å². The molecule has 4 unspecified atom stereocenters. The van der Waals surface area contributed by atoms with Crippen molar-refractivity contribution in [2.45, 2.75) is 57.9 Å². The average molecular weight is 333 g/mol. The van der Waals surface area contributed by atoms with Gasteiger partial charge in [-0.05, 0) is 45.2 Å². The van der Waals surface area contributed by atoms with Crippen molar-refractivity contribution in [1.82, 2.24) is 4.90 Å². The van der Waals surface area contributed by atoms with E-state index >= 15 is 0 Å². The molecular formula is C19H27NO4. The quantitative estimate of drug-likeness (QED) is 0.858. The summed E-state index contributed by atoms with van der Waals surface area (Å²) in [6, 6.07) is 7.67. The highest BCUT2D eigenvalue weighted by Crippen LogP contribution is 2.40. The van der Waals surface area contributed by atoms with Gasteiger partial charge in [-0.25, -0.2) is 4.79 Å². The van der Waals surface area contributed by atoms with Gasteiger partial charge in [0.25, 0.3) is 0 Å². The number of ether oxygens (including phenoxy) is 2. The summed E-state index contributed by atoms with van der Waals surface area (Å²) < 4.78 is 11.3. The maximum absolute atomic E-state index is 12.7. The van der Waals surface area contributed by atoms with Crippen LogP contribution in [-0.2, 0) is 15.9 Å². The van der Waals surface area contributed by atoms with Gasteiger partial charge in [0.05, 0.1) is 31.4 Å². The lowest BCUT2D eigenvalue weighted by molar-refractivity contribution is -0.0844. The Kier molecular flexibility index (Phi) is 4.58. The number of amides is 1. The highest BCUT2D eigenvalue weighted by molar-refractivity contribution is 5.69. The lowest BCUT2D eigenvalue weighted by atomic mass is 9.91. The minimum atomic E-state index is -0.579. The topological polar surface area (TPSA) is 59.0 Å². The smallest absolute Gasteiger partial charge is 0.410 e. The first-order valence-corrected chi connectivity index (χ1v) is 8.63. The van der Waals surface area contributed by atoms with E-state index in [1.165, 1.54) is 0 Å². The van der Waals surface area contributed by atoms with Crippen molar-refractivity contribution in [1.29, 1.82) is 0 Å². The van der Waals surface area contributed by atoms with E-state index in [9.17, 15) is 9.90 Å². The predicted octanol–water partition coefficient (Wildman–Crippen LogP) is 2.92. The summed E-state index contributed by atoms with van der Waals surface area (Å²) in [5, 5.41) is 10.8. The summed E-state index contributed by atoms with van der Waals surface area (Å²) in [5.74, 6) is -0.0716. The fourth-order valence-corrected chi connectivity index (χ4v) is 3.76. The maximum Gasteiger partial charge on any atom is 0.410 e. The highest BCUT2D eigenvalue weighted by Gasteiger charge is 2.45. The van der Waals surface area contributed by atoms with Crippen molar-refractivity contribution < 1.29 is 19.4 Å². The van der Waals surface area contributed by atoms with Gasteiger partial charge < -0.3 is 14.6 Å². The zero-order chi connectivity index (χ0) is 17.5. The second-order valence-corrected chi connectivity index (χ2v) is 7.85. The number of hydrogen-bond acceptors (Lipinski definition) is 4. The number of carbonyl (C=O) groups excluding carboxylic acids is 1. The van der Waals surface area contributed by atoms with Crippen LogP contribution in [0.25, 0.3) is 0 Å². The van der Waals surface area contributed by atoms with Gasteiger partial charge in [0, 0.05) is 5.92 Å². The maximum atomic E-state index is 12.7. The molecule has 0 aromatic heterocycles. The van der Waals surface area contributed by atoms with Crippen LogP contribution in [0.4, 0.5) is 4.79 Å². The standard InChI is InChI=1S/C19H27NO4/c1-12-10-23-11-16(20(12)18(22)24-19(2,3)4)15-9-13-7-5-6-8-14(13)17(15)21/h5-8,12,15-17,21H,9-11H2,1-4H3. The van der Waals surface area contributed by atoms with Gasteiger partial charge in [-0.2, -0.15) is 0 Å². The van der Waals surface area contributed by atoms with Crippen LogP contribution < -0.4 is 0 Å². The number of rotatable bonds is 1. The molecule has 4 atom stereocenters. The molecule has 1 amide bonds. The van der Waals surface area contributed by atoms with E-state index in [1.807, 2.05) is 52.0 Å². The van der Waals surface area contributed by atoms with Crippen LogP contribution in [0.2, 0.25) is 0 Å². The molecule has 0 bridgehead atoms. The molecule has 132 valence electrons. The van der Waals surface area contributed by atoms with Crippen molar-refractivity contribution in [3.63, 3.8) is 0 Å². The van der Waals surface area contributed by atoms with Crippen molar-refractivity contribution in [3.05, 3.63) is 35.4 Å². The number of carbonyl (C=O) groups is 1. The first-order chi connectivity index (χ1) is 11.3. The third-order valence-corrected chi connectivity index (χ3v) is 4.81. The minimum absolute atomic E-state index is 0.0716. The molecule has 0 saturated carbocycles. The van der Waals surface area contributed by atoms with Crippen LogP contribution in [0.1, 0.15) is 44.9 Å². The number of hydrogen-bond donors (Lipinski definition) is 1. The Balaban J connectivity index is 1.84. The third-order valence-electron chi connectivity index (χ3n) is 4.81. The number of fused-ring (bicyclic) bond motifs is 1. The predicted molar refractivity (Wildman–Crippen MR) is 90.7 cm³/mol. The summed E-state index contributed by atoms with van der Waals surface area (Å²) >= 11 is 0. The molecular weight excluding hydrogens is 306 g/mol. The lowest BCUT2D eigenvalue weighted by Gasteiger charge is -2.44. The molecule has 1 aromatic carbocycles. The van der Waals surface area contributed by atoms with Gasteiger partial charge in [-0.15, -0.1) is 0 Å². The Labute approximate surface area is 143 Å². The first-order valence-electron chi connectivity index (χ1n) is 8.63. The van der Waals surface area contributed by atoms with Crippen molar-refractivity contribution in [3.8, 4) is 0 Å². The molecule has 1 aliphatic carbocycles. The summed E-state index contributed by atoms with van der Waals surface area (Å²) in [7, 11) is 0. The Hall–Kier alpha value is -1.59. The monoisotopic (exact) mass is 333 g/mol. The SMILES string of the molecule is CC1COCC(C2Cc3ccccc3C2O)N1C(=O)OC(C)(C)C. The van der Waals surface area contributed by atoms with Gasteiger partial charge in [0.2, 0.25) is 0 Å². The zero-order valence-corrected chi connectivity index (χ0v) is 14.9. The van der Waals surface area contributed by atoms with Crippen LogP contribution in [0, 0.1) is 5.92 Å². The summed E-state index contributed by atoms with van der Waals surface area (Å²) in [4.78, 5) is 14.5. The van der Waals surface area contributed by atoms with Crippen LogP contribution >= 0.6 is 0 Å². The van der Waals surface area contributed by atoms with E-state index < -0.39 is 11.7 Å². The fraction of sp³-hybridized carbons (Fsp3) is 0.632. The fourth-order valence-electron chi connectivity index (χ4n) is 3.76. The molecule has 0 spiro atoms. The lowest BCUT2D eigenvalue weighted by Crippen LogP contribution is -2.58. The molecule has 1 heterocycles. The minimum Gasteiger partial charge on any atom is -0.444 e. The van der Waals surface area contributed by atoms with E-state index in [0.29, 0.717) is 13.2 Å². The van der Waals surface area contributed by atoms with Gasteiger partial charge in [-0.1, -0.05) is 24.3 Å². The Morgan fingerprint density at radius 2 is 2.00 bits per heavy atom. The largest absolute Gasteiger partial charge is 0.444 e. The van der Waals surface area contributed by atoms with Gasteiger partial charge in [-0.3, -0.25) is 4.90 Å². The molecule has 5 nitrogen and oxygen atoms in total. The molecule has 3 rings (SSSR count). The second-order valence-electron chi connectivity index (χ2n) is 7.85. The number of aliphatic hydroxyl groups is 1.